The minimum Gasteiger partial charge on any atom is -0.347 e. The molecule has 0 amide bonds. The van der Waals surface area contributed by atoms with Gasteiger partial charge in [-0.05, 0) is 61.1 Å². The minimum atomic E-state index is 0.306. The van der Waals surface area contributed by atoms with Gasteiger partial charge in [-0.1, -0.05) is 0 Å². The number of Topliss-reactive ketones (excluding diaryl/α,β-unsaturated/α-hetero) is 2. The molecular weight excluding hydrogens is 300 g/mol. The summed E-state index contributed by atoms with van der Waals surface area (Å²) in [6.07, 6.45) is 20.3. The number of hydrogen-bond donors (Lipinski definition) is 0. The molecule has 0 aromatic carbocycles. The summed E-state index contributed by atoms with van der Waals surface area (Å²) in [7, 11) is 0. The number of ketones is 2. The fraction of sp³-hybridized carbons (Fsp3) is 0.400. The third kappa shape index (κ3) is 3.58. The normalized spacial score (nSPS) is 22.5. The van der Waals surface area contributed by atoms with E-state index >= 15 is 0 Å². The summed E-state index contributed by atoms with van der Waals surface area (Å²) < 4.78 is 0. The van der Waals surface area contributed by atoms with Crippen LogP contribution in [-0.4, -0.2) is 34.5 Å². The molecule has 2 saturated carbocycles. The van der Waals surface area contributed by atoms with Crippen LogP contribution in [0, 0.1) is 11.8 Å². The van der Waals surface area contributed by atoms with Gasteiger partial charge in [-0.15, -0.1) is 0 Å². The number of carbonyl (C=O) groups excluding carboxylic acids is 2. The molecule has 24 heavy (non-hydrogen) atoms. The van der Waals surface area contributed by atoms with Crippen LogP contribution in [0.1, 0.15) is 25.7 Å². The van der Waals surface area contributed by atoms with E-state index in [1.165, 1.54) is 0 Å². The fourth-order valence-electron chi connectivity index (χ4n) is 2.94. The Bertz CT molecular complexity index is 611. The molecule has 2 heterocycles. The Kier molecular flexibility index (Phi) is 3.97. The van der Waals surface area contributed by atoms with Crippen molar-refractivity contribution in [2.75, 3.05) is 13.1 Å². The molecule has 4 aliphatic rings. The van der Waals surface area contributed by atoms with Crippen LogP contribution in [0.2, 0.25) is 0 Å². The van der Waals surface area contributed by atoms with E-state index in [0.717, 1.165) is 36.8 Å². The molecule has 0 N–H and O–H groups in total. The summed E-state index contributed by atoms with van der Waals surface area (Å²) in [6.45, 7) is 0.950. The molecule has 2 aliphatic heterocycles. The van der Waals surface area contributed by atoms with Gasteiger partial charge in [0.1, 0.15) is 0 Å². The SMILES string of the molecule is O=C(CN1C=CC(=C2C=CN(CC(=O)C3CC3)C=C2)C=C1)C1CC1. The molecule has 124 valence electrons. The van der Waals surface area contributed by atoms with Gasteiger partial charge in [0, 0.05) is 36.6 Å². The zero-order valence-corrected chi connectivity index (χ0v) is 13.7. The van der Waals surface area contributed by atoms with Crippen molar-refractivity contribution < 1.29 is 9.59 Å². The summed E-state index contributed by atoms with van der Waals surface area (Å²) in [6, 6.07) is 0. The standard InChI is InChI=1S/C20H22N2O2/c23-19(17-1-2-17)13-21-9-5-15(6-10-21)16-7-11-22(12-8-16)14-20(24)18-3-4-18/h5-12,17-18H,1-4,13-14H2. The average molecular weight is 322 g/mol. The van der Waals surface area contributed by atoms with Gasteiger partial charge in [0.15, 0.2) is 11.6 Å². The average Bonchev–Trinajstić information content (AvgIpc) is 3.49. The van der Waals surface area contributed by atoms with E-state index in [2.05, 4.69) is 0 Å². The highest BCUT2D eigenvalue weighted by Crippen LogP contribution is 2.31. The predicted octanol–water partition coefficient (Wildman–Crippen LogP) is 2.93. The Labute approximate surface area is 142 Å². The largest absolute Gasteiger partial charge is 0.347 e. The summed E-state index contributed by atoms with van der Waals surface area (Å²) >= 11 is 0. The second-order valence-corrected chi connectivity index (χ2v) is 7.00. The van der Waals surface area contributed by atoms with Crippen molar-refractivity contribution in [1.29, 1.82) is 0 Å². The molecule has 0 aromatic heterocycles. The van der Waals surface area contributed by atoms with Gasteiger partial charge in [0.2, 0.25) is 0 Å². The Morgan fingerprint density at radius 3 is 1.33 bits per heavy atom. The van der Waals surface area contributed by atoms with Crippen molar-refractivity contribution >= 4 is 11.6 Å². The van der Waals surface area contributed by atoms with E-state index in [9.17, 15) is 9.59 Å². The molecule has 2 fully saturated rings. The van der Waals surface area contributed by atoms with Gasteiger partial charge < -0.3 is 9.80 Å². The van der Waals surface area contributed by atoms with Gasteiger partial charge in [-0.3, -0.25) is 9.59 Å². The zero-order valence-electron chi connectivity index (χ0n) is 13.7. The number of nitrogens with zero attached hydrogens (tertiary/aromatic N) is 2. The van der Waals surface area contributed by atoms with Gasteiger partial charge in [-0.2, -0.15) is 0 Å². The van der Waals surface area contributed by atoms with Gasteiger partial charge in [0.25, 0.3) is 0 Å². The topological polar surface area (TPSA) is 40.6 Å². The highest BCUT2D eigenvalue weighted by molar-refractivity contribution is 5.85. The van der Waals surface area contributed by atoms with E-state index in [1.54, 1.807) is 0 Å². The molecule has 0 aromatic rings. The van der Waals surface area contributed by atoms with Gasteiger partial charge in [0.05, 0.1) is 13.1 Å². The van der Waals surface area contributed by atoms with E-state index < -0.39 is 0 Å². The highest BCUT2D eigenvalue weighted by Gasteiger charge is 2.30. The molecule has 0 bridgehead atoms. The Balaban J connectivity index is 1.34. The monoisotopic (exact) mass is 322 g/mol. The first-order valence-electron chi connectivity index (χ1n) is 8.73. The van der Waals surface area contributed by atoms with Crippen LogP contribution < -0.4 is 0 Å². The Morgan fingerprint density at radius 1 is 0.708 bits per heavy atom. The zero-order chi connectivity index (χ0) is 16.5. The van der Waals surface area contributed by atoms with Crippen LogP contribution in [0.15, 0.2) is 60.3 Å². The van der Waals surface area contributed by atoms with Crippen LogP contribution in [0.5, 0.6) is 0 Å². The van der Waals surface area contributed by atoms with Gasteiger partial charge in [-0.25, -0.2) is 0 Å². The fourth-order valence-corrected chi connectivity index (χ4v) is 2.94. The summed E-state index contributed by atoms with van der Waals surface area (Å²) in [4.78, 5) is 27.6. The van der Waals surface area contributed by atoms with Crippen molar-refractivity contribution in [1.82, 2.24) is 9.80 Å². The minimum absolute atomic E-state index is 0.306. The van der Waals surface area contributed by atoms with E-state index in [0.29, 0.717) is 36.5 Å². The molecule has 0 unspecified atom stereocenters. The molecule has 0 saturated heterocycles. The van der Waals surface area contributed by atoms with Crippen molar-refractivity contribution in [3.05, 3.63) is 60.3 Å². The van der Waals surface area contributed by atoms with E-state index in [-0.39, 0.29) is 0 Å². The number of rotatable bonds is 6. The van der Waals surface area contributed by atoms with Gasteiger partial charge >= 0.3 is 0 Å². The first-order valence-corrected chi connectivity index (χ1v) is 8.73. The lowest BCUT2D eigenvalue weighted by Crippen LogP contribution is -2.23. The van der Waals surface area contributed by atoms with Crippen molar-refractivity contribution in [3.8, 4) is 0 Å². The maximum Gasteiger partial charge on any atom is 0.155 e. The third-order valence-corrected chi connectivity index (χ3v) is 4.86. The van der Waals surface area contributed by atoms with Crippen molar-refractivity contribution in [2.45, 2.75) is 25.7 Å². The lowest BCUT2D eigenvalue weighted by Gasteiger charge is -2.21. The summed E-state index contributed by atoms with van der Waals surface area (Å²) in [5, 5.41) is 0. The van der Waals surface area contributed by atoms with Crippen LogP contribution in [0.3, 0.4) is 0 Å². The van der Waals surface area contributed by atoms with Crippen molar-refractivity contribution in [2.24, 2.45) is 11.8 Å². The smallest absolute Gasteiger partial charge is 0.155 e. The van der Waals surface area contributed by atoms with E-state index in [4.69, 9.17) is 0 Å². The van der Waals surface area contributed by atoms with Crippen molar-refractivity contribution in [3.63, 3.8) is 0 Å². The maximum atomic E-state index is 11.9. The van der Waals surface area contributed by atoms with Crippen LogP contribution in [-0.2, 0) is 9.59 Å². The third-order valence-electron chi connectivity index (χ3n) is 4.86. The molecule has 2 aliphatic carbocycles. The summed E-state index contributed by atoms with van der Waals surface area (Å²) in [5.74, 6) is 1.29. The molecule has 4 nitrogen and oxygen atoms in total. The lowest BCUT2D eigenvalue weighted by atomic mass is 10.0. The molecule has 0 radical (unpaired) electrons. The summed E-state index contributed by atoms with van der Waals surface area (Å²) in [5.41, 5.74) is 2.23. The first-order chi connectivity index (χ1) is 11.7. The molecular formula is C20H22N2O2. The van der Waals surface area contributed by atoms with Crippen LogP contribution in [0.4, 0.5) is 0 Å². The highest BCUT2D eigenvalue weighted by atomic mass is 16.1. The quantitative estimate of drug-likeness (QED) is 0.754. The Hall–Kier alpha value is -2.36. The first kappa shape index (κ1) is 15.2. The molecule has 4 heteroatoms. The van der Waals surface area contributed by atoms with E-state index in [1.807, 2.05) is 58.9 Å². The lowest BCUT2D eigenvalue weighted by molar-refractivity contribution is -0.121. The molecule has 0 atom stereocenters. The second-order valence-electron chi connectivity index (χ2n) is 7.00. The van der Waals surface area contributed by atoms with Crippen LogP contribution in [0.25, 0.3) is 0 Å². The number of allylic oxidation sites excluding steroid dienone is 6. The number of carbonyl (C=O) groups is 2. The maximum absolute atomic E-state index is 11.9. The Morgan fingerprint density at radius 2 is 1.04 bits per heavy atom. The van der Waals surface area contributed by atoms with Crippen LogP contribution >= 0.6 is 0 Å². The molecule has 0 spiro atoms. The second kappa shape index (κ2) is 6.27. The molecule has 4 rings (SSSR count). The predicted molar refractivity (Wildman–Crippen MR) is 92.5 cm³/mol. The number of hydrogen-bond acceptors (Lipinski definition) is 4.